The lowest BCUT2D eigenvalue weighted by atomic mass is 9.90. The summed E-state index contributed by atoms with van der Waals surface area (Å²) in [6.07, 6.45) is 4.60. The van der Waals surface area contributed by atoms with Crippen LogP contribution in [-0.2, 0) is 6.42 Å². The third-order valence-electron chi connectivity index (χ3n) is 3.66. The molecular weight excluding hydrogens is 234 g/mol. The fourth-order valence-corrected chi connectivity index (χ4v) is 2.80. The first-order valence-corrected chi connectivity index (χ1v) is 6.72. The Hall–Kier alpha value is -0.730. The van der Waals surface area contributed by atoms with Crippen molar-refractivity contribution in [1.82, 2.24) is 4.90 Å². The molecule has 3 heteroatoms. The SMILES string of the molecule is CCCCC1c2cc(O)c(Cl)cc2CCN1C. The second-order valence-corrected chi connectivity index (χ2v) is 5.30. The molecule has 2 rings (SSSR count). The first kappa shape index (κ1) is 12.7. The molecule has 1 unspecified atom stereocenters. The maximum atomic E-state index is 9.75. The van der Waals surface area contributed by atoms with Crippen LogP contribution in [0, 0.1) is 0 Å². The van der Waals surface area contributed by atoms with E-state index in [9.17, 15) is 5.11 Å². The molecular formula is C14H20ClNO. The van der Waals surface area contributed by atoms with E-state index < -0.39 is 0 Å². The minimum absolute atomic E-state index is 0.210. The zero-order chi connectivity index (χ0) is 12.4. The molecule has 1 heterocycles. The van der Waals surface area contributed by atoms with Crippen LogP contribution in [0.25, 0.3) is 0 Å². The van der Waals surface area contributed by atoms with Crippen molar-refractivity contribution in [1.29, 1.82) is 0 Å². The lowest BCUT2D eigenvalue weighted by molar-refractivity contribution is 0.215. The zero-order valence-corrected chi connectivity index (χ0v) is 11.3. The summed E-state index contributed by atoms with van der Waals surface area (Å²) < 4.78 is 0. The van der Waals surface area contributed by atoms with E-state index in [2.05, 4.69) is 18.9 Å². The Labute approximate surface area is 108 Å². The number of halogens is 1. The zero-order valence-electron chi connectivity index (χ0n) is 10.5. The number of hydrogen-bond acceptors (Lipinski definition) is 2. The normalized spacial score (nSPS) is 20.3. The number of aromatic hydroxyl groups is 1. The first-order valence-electron chi connectivity index (χ1n) is 6.35. The molecule has 1 aliphatic heterocycles. The smallest absolute Gasteiger partial charge is 0.134 e. The summed E-state index contributed by atoms with van der Waals surface area (Å²) in [5.41, 5.74) is 2.56. The van der Waals surface area contributed by atoms with Crippen molar-refractivity contribution in [2.75, 3.05) is 13.6 Å². The molecule has 0 aliphatic carbocycles. The second kappa shape index (κ2) is 5.28. The van der Waals surface area contributed by atoms with Gasteiger partial charge in [0.05, 0.1) is 5.02 Å². The number of rotatable bonds is 3. The molecule has 0 aromatic heterocycles. The summed E-state index contributed by atoms with van der Waals surface area (Å²) in [4.78, 5) is 2.38. The highest BCUT2D eigenvalue weighted by Gasteiger charge is 2.25. The summed E-state index contributed by atoms with van der Waals surface area (Å²) in [6, 6.07) is 4.22. The van der Waals surface area contributed by atoms with Crippen molar-refractivity contribution >= 4 is 11.6 Å². The van der Waals surface area contributed by atoms with Crippen LogP contribution in [0.4, 0.5) is 0 Å². The van der Waals surface area contributed by atoms with E-state index in [4.69, 9.17) is 11.6 Å². The van der Waals surface area contributed by atoms with Gasteiger partial charge < -0.3 is 5.11 Å². The van der Waals surface area contributed by atoms with Crippen LogP contribution in [0.15, 0.2) is 12.1 Å². The van der Waals surface area contributed by atoms with E-state index in [1.807, 2.05) is 12.1 Å². The highest BCUT2D eigenvalue weighted by molar-refractivity contribution is 6.32. The van der Waals surface area contributed by atoms with Crippen LogP contribution in [0.1, 0.15) is 43.4 Å². The molecule has 0 amide bonds. The minimum Gasteiger partial charge on any atom is -0.506 e. The molecule has 17 heavy (non-hydrogen) atoms. The van der Waals surface area contributed by atoms with Gasteiger partial charge in [0.15, 0.2) is 0 Å². The topological polar surface area (TPSA) is 23.5 Å². The van der Waals surface area contributed by atoms with Gasteiger partial charge in [0, 0.05) is 12.6 Å². The van der Waals surface area contributed by atoms with Gasteiger partial charge in [-0.1, -0.05) is 31.4 Å². The Morgan fingerprint density at radius 3 is 2.94 bits per heavy atom. The second-order valence-electron chi connectivity index (χ2n) is 4.89. The van der Waals surface area contributed by atoms with E-state index in [0.717, 1.165) is 19.4 Å². The molecule has 1 aromatic rings. The van der Waals surface area contributed by atoms with Gasteiger partial charge in [0.1, 0.15) is 5.75 Å². The molecule has 2 nitrogen and oxygen atoms in total. The standard InChI is InChI=1S/C14H20ClNO/c1-3-4-5-13-11-9-14(17)12(15)8-10(11)6-7-16(13)2/h8-9,13,17H,3-7H2,1-2H3. The van der Waals surface area contributed by atoms with Crippen molar-refractivity contribution < 1.29 is 5.11 Å². The van der Waals surface area contributed by atoms with E-state index in [1.165, 1.54) is 24.0 Å². The molecule has 0 saturated carbocycles. The van der Waals surface area contributed by atoms with Gasteiger partial charge >= 0.3 is 0 Å². The molecule has 1 aromatic carbocycles. The minimum atomic E-state index is 0.210. The lowest BCUT2D eigenvalue weighted by Crippen LogP contribution is -2.32. The predicted octanol–water partition coefficient (Wildman–Crippen LogP) is 3.76. The van der Waals surface area contributed by atoms with E-state index in [-0.39, 0.29) is 5.75 Å². The van der Waals surface area contributed by atoms with Crippen LogP contribution in [0.5, 0.6) is 5.75 Å². The first-order chi connectivity index (χ1) is 8.13. The maximum absolute atomic E-state index is 9.75. The quantitative estimate of drug-likeness (QED) is 0.887. The highest BCUT2D eigenvalue weighted by Crippen LogP contribution is 2.37. The molecule has 0 radical (unpaired) electrons. The summed E-state index contributed by atoms with van der Waals surface area (Å²) in [5.74, 6) is 0.210. The molecule has 0 spiro atoms. The molecule has 1 aliphatic rings. The van der Waals surface area contributed by atoms with Crippen molar-refractivity contribution in [3.8, 4) is 5.75 Å². The molecule has 0 bridgehead atoms. The van der Waals surface area contributed by atoms with Crippen LogP contribution >= 0.6 is 11.6 Å². The number of nitrogens with zero attached hydrogens (tertiary/aromatic N) is 1. The lowest BCUT2D eigenvalue weighted by Gasteiger charge is -2.35. The van der Waals surface area contributed by atoms with E-state index >= 15 is 0 Å². The number of hydrogen-bond donors (Lipinski definition) is 1. The fourth-order valence-electron chi connectivity index (χ4n) is 2.61. The van der Waals surface area contributed by atoms with E-state index in [0.29, 0.717) is 11.1 Å². The molecule has 94 valence electrons. The monoisotopic (exact) mass is 253 g/mol. The number of likely N-dealkylation sites (N-methyl/N-ethyl adjacent to an activating group) is 1. The molecule has 0 saturated heterocycles. The number of fused-ring (bicyclic) bond motifs is 1. The Bertz CT molecular complexity index is 405. The van der Waals surface area contributed by atoms with Crippen molar-refractivity contribution in [2.24, 2.45) is 0 Å². The van der Waals surface area contributed by atoms with Gasteiger partial charge in [-0.2, -0.15) is 0 Å². The highest BCUT2D eigenvalue weighted by atomic mass is 35.5. The Morgan fingerprint density at radius 1 is 1.47 bits per heavy atom. The number of unbranched alkanes of at least 4 members (excludes halogenated alkanes) is 1. The van der Waals surface area contributed by atoms with Crippen molar-refractivity contribution in [3.05, 3.63) is 28.3 Å². The van der Waals surface area contributed by atoms with E-state index in [1.54, 1.807) is 0 Å². The molecule has 1 atom stereocenters. The predicted molar refractivity (Wildman–Crippen MR) is 71.7 cm³/mol. The van der Waals surface area contributed by atoms with Crippen molar-refractivity contribution in [2.45, 2.75) is 38.6 Å². The summed E-state index contributed by atoms with van der Waals surface area (Å²) in [5, 5.41) is 10.2. The Morgan fingerprint density at radius 2 is 2.24 bits per heavy atom. The van der Waals surface area contributed by atoms with Gasteiger partial charge in [-0.15, -0.1) is 0 Å². The van der Waals surface area contributed by atoms with Crippen LogP contribution in [0.3, 0.4) is 0 Å². The summed E-state index contributed by atoms with van der Waals surface area (Å²) in [7, 11) is 2.16. The number of benzene rings is 1. The van der Waals surface area contributed by atoms with Crippen molar-refractivity contribution in [3.63, 3.8) is 0 Å². The van der Waals surface area contributed by atoms with Crippen LogP contribution in [-0.4, -0.2) is 23.6 Å². The molecule has 1 N–H and O–H groups in total. The summed E-state index contributed by atoms with van der Waals surface area (Å²) >= 11 is 5.97. The molecule has 0 fully saturated rings. The van der Waals surface area contributed by atoms with Gasteiger partial charge in [-0.25, -0.2) is 0 Å². The third-order valence-corrected chi connectivity index (χ3v) is 3.97. The third kappa shape index (κ3) is 2.58. The van der Waals surface area contributed by atoms with Gasteiger partial charge in [0.25, 0.3) is 0 Å². The van der Waals surface area contributed by atoms with Crippen LogP contribution < -0.4 is 0 Å². The maximum Gasteiger partial charge on any atom is 0.134 e. The van der Waals surface area contributed by atoms with Gasteiger partial charge in [0.2, 0.25) is 0 Å². The average Bonchev–Trinajstić information content (AvgIpc) is 2.30. The number of phenolic OH excluding ortho intramolecular Hbond substituents is 1. The van der Waals surface area contributed by atoms with Crippen LogP contribution in [0.2, 0.25) is 5.02 Å². The average molecular weight is 254 g/mol. The van der Waals surface area contributed by atoms with Gasteiger partial charge in [-0.3, -0.25) is 4.90 Å². The Kier molecular flexibility index (Phi) is 3.95. The summed E-state index contributed by atoms with van der Waals surface area (Å²) in [6.45, 7) is 3.28. The largest absolute Gasteiger partial charge is 0.506 e. The van der Waals surface area contributed by atoms with Gasteiger partial charge in [-0.05, 0) is 43.1 Å². The fraction of sp³-hybridized carbons (Fsp3) is 0.571. The number of phenols is 1. The Balaban J connectivity index is 2.33.